The van der Waals surface area contributed by atoms with Crippen molar-refractivity contribution in [2.75, 3.05) is 5.32 Å². The van der Waals surface area contributed by atoms with Crippen LogP contribution in [-0.2, 0) is 16.1 Å². The van der Waals surface area contributed by atoms with E-state index in [4.69, 9.17) is 0 Å². The van der Waals surface area contributed by atoms with Gasteiger partial charge >= 0.3 is 0 Å². The number of nitrogens with zero attached hydrogens (tertiary/aromatic N) is 3. The van der Waals surface area contributed by atoms with Gasteiger partial charge in [0.1, 0.15) is 5.25 Å². The topological polar surface area (TPSA) is 91.7 Å². The van der Waals surface area contributed by atoms with Gasteiger partial charge in [-0.15, -0.1) is 0 Å². The molecule has 1 saturated heterocycles. The summed E-state index contributed by atoms with van der Waals surface area (Å²) < 4.78 is 0. The molecule has 0 bridgehead atoms. The number of aliphatic imine (C=N–C) groups is 1. The summed E-state index contributed by atoms with van der Waals surface area (Å²) >= 11 is 1.28. The predicted molar refractivity (Wildman–Crippen MR) is 134 cm³/mol. The Hall–Kier alpha value is -3.78. The highest BCUT2D eigenvalue weighted by atomic mass is 32.2. The van der Waals surface area contributed by atoms with Crippen LogP contribution >= 0.6 is 11.8 Å². The molecule has 1 atom stereocenters. The molecule has 2 amide bonds. The number of aromatic nitrogens is 1. The number of amides is 2. The van der Waals surface area contributed by atoms with Crippen LogP contribution in [0.4, 0.5) is 11.4 Å². The second-order valence-electron chi connectivity index (χ2n) is 7.97. The van der Waals surface area contributed by atoms with Crippen molar-refractivity contribution >= 4 is 45.9 Å². The molecule has 0 radical (unpaired) electrons. The van der Waals surface area contributed by atoms with Gasteiger partial charge in [0.15, 0.2) is 11.0 Å². The first-order chi connectivity index (χ1) is 16.4. The molecule has 34 heavy (non-hydrogen) atoms. The fourth-order valence-corrected chi connectivity index (χ4v) is 4.58. The van der Waals surface area contributed by atoms with Crippen LogP contribution in [0.2, 0.25) is 0 Å². The van der Waals surface area contributed by atoms with Gasteiger partial charge in [0, 0.05) is 23.9 Å². The first-order valence-electron chi connectivity index (χ1n) is 10.8. The van der Waals surface area contributed by atoms with Gasteiger partial charge in [-0.3, -0.25) is 24.3 Å². The van der Waals surface area contributed by atoms with Gasteiger partial charge in [-0.2, -0.15) is 0 Å². The van der Waals surface area contributed by atoms with Crippen molar-refractivity contribution in [3.8, 4) is 0 Å². The molecule has 7 nitrogen and oxygen atoms in total. The highest BCUT2D eigenvalue weighted by Crippen LogP contribution is 2.33. The number of aryl methyl sites for hydroxylation is 1. The maximum absolute atomic E-state index is 13.3. The van der Waals surface area contributed by atoms with Crippen molar-refractivity contribution in [3.63, 3.8) is 0 Å². The molecule has 2 aromatic carbocycles. The van der Waals surface area contributed by atoms with Crippen LogP contribution in [0.3, 0.4) is 0 Å². The highest BCUT2D eigenvalue weighted by Gasteiger charge is 2.39. The van der Waals surface area contributed by atoms with Gasteiger partial charge in [0.05, 0.1) is 17.9 Å². The van der Waals surface area contributed by atoms with Crippen molar-refractivity contribution < 1.29 is 14.4 Å². The van der Waals surface area contributed by atoms with E-state index < -0.39 is 5.25 Å². The van der Waals surface area contributed by atoms with Crippen molar-refractivity contribution in [2.24, 2.45) is 4.99 Å². The summed E-state index contributed by atoms with van der Waals surface area (Å²) in [5.74, 6) is -0.501. The van der Waals surface area contributed by atoms with Crippen LogP contribution in [0.15, 0.2) is 77.9 Å². The predicted octanol–water partition coefficient (Wildman–Crippen LogP) is 4.75. The molecular weight excluding hydrogens is 448 g/mol. The fraction of sp³-hybridized carbons (Fsp3) is 0.192. The van der Waals surface area contributed by atoms with Gasteiger partial charge in [0.25, 0.3) is 0 Å². The van der Waals surface area contributed by atoms with E-state index in [0.29, 0.717) is 16.4 Å². The van der Waals surface area contributed by atoms with Crippen molar-refractivity contribution in [2.45, 2.75) is 32.1 Å². The van der Waals surface area contributed by atoms with Crippen LogP contribution in [0.5, 0.6) is 0 Å². The molecule has 8 heteroatoms. The summed E-state index contributed by atoms with van der Waals surface area (Å²) in [4.78, 5) is 48.0. The third-order valence-electron chi connectivity index (χ3n) is 5.27. The molecule has 4 rings (SSSR count). The van der Waals surface area contributed by atoms with Crippen molar-refractivity contribution in [1.82, 2.24) is 9.88 Å². The Morgan fingerprint density at radius 2 is 1.79 bits per heavy atom. The quantitative estimate of drug-likeness (QED) is 0.501. The Morgan fingerprint density at radius 1 is 1.06 bits per heavy atom. The average molecular weight is 473 g/mol. The molecule has 1 aliphatic rings. The molecule has 1 N–H and O–H groups in total. The first-order valence-corrected chi connectivity index (χ1v) is 11.7. The standard InChI is InChI=1S/C26H24N4O3S/c1-17-6-10-21(11-7-17)29-26-30(16-22-5-3-4-14-27-22)25(33)23(34-26)15-24(32)28-20-12-8-19(9-13-20)18(2)31/h3-14,23H,15-16H2,1-2H3,(H,28,32)/t23-/m1/s1. The van der Waals surface area contributed by atoms with E-state index in [0.717, 1.165) is 16.9 Å². The smallest absolute Gasteiger partial charge is 0.243 e. The number of nitrogens with one attached hydrogen (secondary N) is 1. The Bertz CT molecular complexity index is 1230. The molecule has 1 fully saturated rings. The van der Waals surface area contributed by atoms with Gasteiger partial charge in [-0.05, 0) is 62.4 Å². The molecule has 1 aliphatic heterocycles. The van der Waals surface area contributed by atoms with Crippen LogP contribution in [0.25, 0.3) is 0 Å². The van der Waals surface area contributed by atoms with E-state index in [1.807, 2.05) is 49.4 Å². The van der Waals surface area contributed by atoms with Gasteiger partial charge in [-0.1, -0.05) is 35.5 Å². The molecular formula is C26H24N4O3S. The number of ketones is 1. The van der Waals surface area contributed by atoms with E-state index >= 15 is 0 Å². The lowest BCUT2D eigenvalue weighted by Gasteiger charge is -2.16. The van der Waals surface area contributed by atoms with E-state index in [9.17, 15) is 14.4 Å². The molecule has 172 valence electrons. The number of carbonyl (C=O) groups excluding carboxylic acids is 3. The summed E-state index contributed by atoms with van der Waals surface area (Å²) in [6.07, 6.45) is 1.69. The number of carbonyl (C=O) groups is 3. The monoisotopic (exact) mass is 472 g/mol. The number of anilines is 1. The highest BCUT2D eigenvalue weighted by molar-refractivity contribution is 8.15. The third-order valence-corrected chi connectivity index (χ3v) is 6.45. The SMILES string of the molecule is CC(=O)c1ccc(NC(=O)C[C@H]2SC(=Nc3ccc(C)cc3)N(Cc3ccccn3)C2=O)cc1. The van der Waals surface area contributed by atoms with Crippen LogP contribution < -0.4 is 5.32 Å². The number of amidine groups is 1. The van der Waals surface area contributed by atoms with Crippen LogP contribution in [0.1, 0.15) is 35.0 Å². The zero-order valence-corrected chi connectivity index (χ0v) is 19.7. The number of rotatable bonds is 7. The van der Waals surface area contributed by atoms with Crippen molar-refractivity contribution in [1.29, 1.82) is 0 Å². The molecule has 0 aliphatic carbocycles. The van der Waals surface area contributed by atoms with Gasteiger partial charge < -0.3 is 5.32 Å². The van der Waals surface area contributed by atoms with Gasteiger partial charge in [0.2, 0.25) is 11.8 Å². The Morgan fingerprint density at radius 3 is 2.44 bits per heavy atom. The Labute approximate surface area is 202 Å². The van der Waals surface area contributed by atoms with E-state index in [-0.39, 0.29) is 30.6 Å². The number of hydrogen-bond donors (Lipinski definition) is 1. The van der Waals surface area contributed by atoms with Crippen LogP contribution in [-0.4, -0.2) is 37.9 Å². The zero-order valence-electron chi connectivity index (χ0n) is 18.9. The molecule has 3 aromatic rings. The maximum Gasteiger partial charge on any atom is 0.243 e. The number of benzene rings is 2. The molecule has 2 heterocycles. The summed E-state index contributed by atoms with van der Waals surface area (Å²) in [6.45, 7) is 3.77. The molecule has 0 spiro atoms. The minimum Gasteiger partial charge on any atom is -0.326 e. The summed E-state index contributed by atoms with van der Waals surface area (Å²) in [7, 11) is 0. The second-order valence-corrected chi connectivity index (χ2v) is 9.14. The second kappa shape index (κ2) is 10.4. The first kappa shape index (κ1) is 23.4. The van der Waals surface area contributed by atoms with Gasteiger partial charge in [-0.25, -0.2) is 4.99 Å². The Balaban J connectivity index is 1.50. The lowest BCUT2D eigenvalue weighted by atomic mass is 10.1. The maximum atomic E-state index is 13.3. The van der Waals surface area contributed by atoms with E-state index in [1.54, 1.807) is 35.4 Å². The van der Waals surface area contributed by atoms with Crippen LogP contribution in [0, 0.1) is 6.92 Å². The average Bonchev–Trinajstić information content (AvgIpc) is 3.10. The summed E-state index contributed by atoms with van der Waals surface area (Å²) in [5, 5.41) is 2.76. The minimum atomic E-state index is -0.593. The third kappa shape index (κ3) is 5.77. The Kier molecular flexibility index (Phi) is 7.18. The number of Topliss-reactive ketones (excluding diaryl/α,β-unsaturated/α-hetero) is 1. The normalized spacial score (nSPS) is 16.6. The van der Waals surface area contributed by atoms with E-state index in [1.165, 1.54) is 18.7 Å². The lowest BCUT2D eigenvalue weighted by Crippen LogP contribution is -2.33. The largest absolute Gasteiger partial charge is 0.326 e. The summed E-state index contributed by atoms with van der Waals surface area (Å²) in [5.41, 5.74) is 3.74. The molecule has 0 saturated carbocycles. The fourth-order valence-electron chi connectivity index (χ4n) is 3.42. The number of pyridine rings is 1. The number of hydrogen-bond acceptors (Lipinski definition) is 6. The summed E-state index contributed by atoms with van der Waals surface area (Å²) in [6, 6.07) is 19.9. The van der Waals surface area contributed by atoms with Crippen molar-refractivity contribution in [3.05, 3.63) is 89.7 Å². The van der Waals surface area contributed by atoms with E-state index in [2.05, 4.69) is 15.3 Å². The lowest BCUT2D eigenvalue weighted by molar-refractivity contribution is -0.128. The number of thioether (sulfide) groups is 1. The molecule has 0 unspecified atom stereocenters. The zero-order chi connectivity index (χ0) is 24.1. The molecule has 1 aromatic heterocycles. The minimum absolute atomic E-state index is 0.00357.